The third kappa shape index (κ3) is 5.87. The molecule has 2 aromatic carbocycles. The average molecular weight is 437 g/mol. The zero-order chi connectivity index (χ0) is 20.9. The van der Waals surface area contributed by atoms with Gasteiger partial charge in [-0.05, 0) is 61.4 Å². The van der Waals surface area contributed by atoms with Crippen LogP contribution in [0.3, 0.4) is 0 Å². The van der Waals surface area contributed by atoms with Crippen LogP contribution in [0, 0.1) is 0 Å². The number of benzene rings is 2. The topological polar surface area (TPSA) is 75.7 Å². The van der Waals surface area contributed by atoms with Crippen molar-refractivity contribution >= 4 is 33.0 Å². The van der Waals surface area contributed by atoms with E-state index in [1.807, 2.05) is 24.3 Å². The first-order chi connectivity index (χ1) is 13.9. The van der Waals surface area contributed by atoms with Crippen molar-refractivity contribution < 1.29 is 17.9 Å². The molecule has 1 saturated heterocycles. The number of methoxy groups -OCH3 is 1. The maximum Gasteiger partial charge on any atom is 0.221 e. The van der Waals surface area contributed by atoms with Crippen molar-refractivity contribution in [3.8, 4) is 5.75 Å². The van der Waals surface area contributed by atoms with Gasteiger partial charge in [0.05, 0.1) is 17.8 Å². The largest absolute Gasteiger partial charge is 0.497 e. The van der Waals surface area contributed by atoms with Gasteiger partial charge in [-0.25, -0.2) is 8.42 Å². The summed E-state index contributed by atoms with van der Waals surface area (Å²) in [6.45, 7) is 1.67. The lowest BCUT2D eigenvalue weighted by molar-refractivity contribution is -0.121. The SMILES string of the molecule is COc1ccc(N2CCC(NC(=O)CCS(=O)(=O)c3ccc(Cl)cc3)CC2)cc1. The van der Waals surface area contributed by atoms with Gasteiger partial charge in [0.25, 0.3) is 0 Å². The number of nitrogens with zero attached hydrogens (tertiary/aromatic N) is 1. The van der Waals surface area contributed by atoms with Crippen LogP contribution in [-0.2, 0) is 14.6 Å². The molecule has 0 spiro atoms. The van der Waals surface area contributed by atoms with Crippen LogP contribution in [0.25, 0.3) is 0 Å². The van der Waals surface area contributed by atoms with Crippen LogP contribution < -0.4 is 15.0 Å². The number of carbonyl (C=O) groups is 1. The number of hydrogen-bond donors (Lipinski definition) is 1. The van der Waals surface area contributed by atoms with Gasteiger partial charge in [-0.15, -0.1) is 0 Å². The zero-order valence-electron chi connectivity index (χ0n) is 16.3. The Labute approximate surface area is 176 Å². The number of nitrogens with one attached hydrogen (secondary N) is 1. The number of anilines is 1. The number of amides is 1. The number of ether oxygens (including phenoxy) is 1. The Hall–Kier alpha value is -2.25. The molecule has 2 aromatic rings. The molecule has 0 aromatic heterocycles. The minimum atomic E-state index is -3.50. The third-order valence-electron chi connectivity index (χ3n) is 5.07. The monoisotopic (exact) mass is 436 g/mol. The first-order valence-electron chi connectivity index (χ1n) is 9.54. The van der Waals surface area contributed by atoms with E-state index in [1.54, 1.807) is 7.11 Å². The van der Waals surface area contributed by atoms with Crippen LogP contribution in [0.1, 0.15) is 19.3 Å². The van der Waals surface area contributed by atoms with Gasteiger partial charge in [0.15, 0.2) is 9.84 Å². The highest BCUT2D eigenvalue weighted by Gasteiger charge is 2.22. The van der Waals surface area contributed by atoms with Gasteiger partial charge in [0.2, 0.25) is 5.91 Å². The molecule has 1 aliphatic heterocycles. The van der Waals surface area contributed by atoms with Crippen molar-refractivity contribution in [2.24, 2.45) is 0 Å². The number of rotatable bonds is 7. The van der Waals surface area contributed by atoms with E-state index in [-0.39, 0.29) is 29.0 Å². The van der Waals surface area contributed by atoms with E-state index in [9.17, 15) is 13.2 Å². The number of piperidine rings is 1. The molecular formula is C21H25ClN2O4S. The Morgan fingerprint density at radius 3 is 2.31 bits per heavy atom. The second-order valence-corrected chi connectivity index (χ2v) is 9.60. The van der Waals surface area contributed by atoms with Crippen molar-refractivity contribution in [3.63, 3.8) is 0 Å². The molecule has 6 nitrogen and oxygen atoms in total. The van der Waals surface area contributed by atoms with E-state index in [1.165, 1.54) is 24.3 Å². The fourth-order valence-corrected chi connectivity index (χ4v) is 4.73. The van der Waals surface area contributed by atoms with Crippen LogP contribution in [0.5, 0.6) is 5.75 Å². The Balaban J connectivity index is 1.45. The molecule has 1 fully saturated rings. The van der Waals surface area contributed by atoms with E-state index < -0.39 is 9.84 Å². The predicted octanol–water partition coefficient (Wildman–Crippen LogP) is 3.30. The predicted molar refractivity (Wildman–Crippen MR) is 114 cm³/mol. The molecule has 0 bridgehead atoms. The van der Waals surface area contributed by atoms with Gasteiger partial charge in [0, 0.05) is 36.3 Å². The third-order valence-corrected chi connectivity index (χ3v) is 7.05. The first-order valence-corrected chi connectivity index (χ1v) is 11.6. The molecule has 0 aliphatic carbocycles. The van der Waals surface area contributed by atoms with Crippen LogP contribution in [0.15, 0.2) is 53.4 Å². The summed E-state index contributed by atoms with van der Waals surface area (Å²) in [7, 11) is -1.86. The fraction of sp³-hybridized carbons (Fsp3) is 0.381. The maximum atomic E-state index is 12.3. The molecule has 8 heteroatoms. The molecule has 0 saturated carbocycles. The smallest absolute Gasteiger partial charge is 0.221 e. The van der Waals surface area contributed by atoms with Gasteiger partial charge in [-0.3, -0.25) is 4.79 Å². The molecular weight excluding hydrogens is 412 g/mol. The van der Waals surface area contributed by atoms with Crippen molar-refractivity contribution in [2.75, 3.05) is 30.9 Å². The standard InChI is InChI=1S/C21H25ClN2O4S/c1-28-19-6-4-18(5-7-19)24-13-10-17(11-14-24)23-21(25)12-15-29(26,27)20-8-2-16(22)3-9-20/h2-9,17H,10-15H2,1H3,(H,23,25). The number of halogens is 1. The summed E-state index contributed by atoms with van der Waals surface area (Å²) in [6, 6.07) is 14.0. The van der Waals surface area contributed by atoms with E-state index in [4.69, 9.17) is 16.3 Å². The molecule has 1 aliphatic rings. The highest BCUT2D eigenvalue weighted by Crippen LogP contribution is 2.23. The summed E-state index contributed by atoms with van der Waals surface area (Å²) in [6.07, 6.45) is 1.59. The lowest BCUT2D eigenvalue weighted by atomic mass is 10.0. The maximum absolute atomic E-state index is 12.3. The van der Waals surface area contributed by atoms with Gasteiger partial charge in [-0.2, -0.15) is 0 Å². The first kappa shape index (κ1) is 21.5. The van der Waals surface area contributed by atoms with Crippen LogP contribution >= 0.6 is 11.6 Å². The Kier molecular flexibility index (Phi) is 7.03. The van der Waals surface area contributed by atoms with Gasteiger partial charge >= 0.3 is 0 Å². The van der Waals surface area contributed by atoms with Gasteiger partial charge < -0.3 is 15.0 Å². The molecule has 0 unspecified atom stereocenters. The summed E-state index contributed by atoms with van der Waals surface area (Å²) in [5, 5.41) is 3.45. The minimum Gasteiger partial charge on any atom is -0.497 e. The quantitative estimate of drug-likeness (QED) is 0.720. The molecule has 1 amide bonds. The number of carbonyl (C=O) groups excluding carboxylic acids is 1. The van der Waals surface area contributed by atoms with Crippen LogP contribution in [0.4, 0.5) is 5.69 Å². The van der Waals surface area contributed by atoms with E-state index in [0.717, 1.165) is 37.4 Å². The van der Waals surface area contributed by atoms with Crippen LogP contribution in [0.2, 0.25) is 5.02 Å². The van der Waals surface area contributed by atoms with E-state index in [2.05, 4.69) is 10.2 Å². The van der Waals surface area contributed by atoms with Crippen molar-refractivity contribution in [1.82, 2.24) is 5.32 Å². The second-order valence-electron chi connectivity index (χ2n) is 7.05. The lowest BCUT2D eigenvalue weighted by Crippen LogP contribution is -2.45. The van der Waals surface area contributed by atoms with E-state index in [0.29, 0.717) is 5.02 Å². The van der Waals surface area contributed by atoms with Crippen LogP contribution in [-0.4, -0.2) is 46.3 Å². The molecule has 3 rings (SSSR count). The summed E-state index contributed by atoms with van der Waals surface area (Å²) in [5.41, 5.74) is 1.13. The summed E-state index contributed by atoms with van der Waals surface area (Å²) >= 11 is 5.79. The molecule has 156 valence electrons. The lowest BCUT2D eigenvalue weighted by Gasteiger charge is -2.34. The average Bonchev–Trinajstić information content (AvgIpc) is 2.73. The van der Waals surface area contributed by atoms with E-state index >= 15 is 0 Å². The highest BCUT2D eigenvalue weighted by molar-refractivity contribution is 7.91. The zero-order valence-corrected chi connectivity index (χ0v) is 17.9. The molecule has 29 heavy (non-hydrogen) atoms. The molecule has 1 heterocycles. The Morgan fingerprint density at radius 2 is 1.72 bits per heavy atom. The number of sulfone groups is 1. The van der Waals surface area contributed by atoms with Gasteiger partial charge in [0.1, 0.15) is 5.75 Å². The second kappa shape index (κ2) is 9.50. The summed E-state index contributed by atoms with van der Waals surface area (Å²) < 4.78 is 29.9. The van der Waals surface area contributed by atoms with Crippen molar-refractivity contribution in [3.05, 3.63) is 53.6 Å². The normalized spacial score (nSPS) is 15.2. The van der Waals surface area contributed by atoms with Crippen molar-refractivity contribution in [2.45, 2.75) is 30.2 Å². The molecule has 0 atom stereocenters. The highest BCUT2D eigenvalue weighted by atomic mass is 35.5. The Bertz CT molecular complexity index is 922. The summed E-state index contributed by atoms with van der Waals surface area (Å²) in [5.74, 6) is 0.375. The minimum absolute atomic E-state index is 0.0519. The summed E-state index contributed by atoms with van der Waals surface area (Å²) in [4.78, 5) is 14.7. The Morgan fingerprint density at radius 1 is 1.10 bits per heavy atom. The molecule has 0 radical (unpaired) electrons. The number of hydrogen-bond acceptors (Lipinski definition) is 5. The molecule has 1 N–H and O–H groups in total. The van der Waals surface area contributed by atoms with Crippen molar-refractivity contribution in [1.29, 1.82) is 0 Å². The fourth-order valence-electron chi connectivity index (χ4n) is 3.36. The van der Waals surface area contributed by atoms with Gasteiger partial charge in [-0.1, -0.05) is 11.6 Å².